The molecule has 0 heterocycles. The monoisotopic (exact) mass is 283 g/mol. The Hall–Kier alpha value is -1.86. The van der Waals surface area contributed by atoms with Gasteiger partial charge in [-0.1, -0.05) is 0 Å². The third kappa shape index (κ3) is 4.38. The first-order valence-electron chi connectivity index (χ1n) is 5.27. The molecule has 2 N–H and O–H groups in total. The van der Waals surface area contributed by atoms with Crippen LogP contribution in [0.2, 0.25) is 0 Å². The van der Waals surface area contributed by atoms with Crippen LogP contribution in [-0.4, -0.2) is 40.3 Å². The van der Waals surface area contributed by atoms with Crippen LogP contribution >= 0.6 is 11.8 Å². The molecule has 0 aliphatic rings. The van der Waals surface area contributed by atoms with Crippen LogP contribution in [0.1, 0.15) is 5.56 Å². The van der Waals surface area contributed by atoms with Gasteiger partial charge in [0.2, 0.25) is 0 Å². The summed E-state index contributed by atoms with van der Waals surface area (Å²) in [6.45, 7) is 0.238. The van der Waals surface area contributed by atoms with Crippen molar-refractivity contribution in [2.24, 2.45) is 0 Å². The summed E-state index contributed by atoms with van der Waals surface area (Å²) in [5, 5.41) is 19.0. The highest BCUT2D eigenvalue weighted by Crippen LogP contribution is 2.13. The average Bonchev–Trinajstić information content (AvgIpc) is 2.40. The lowest BCUT2D eigenvalue weighted by molar-refractivity contribution is -0.151. The van der Waals surface area contributed by atoms with E-state index < -0.39 is 5.97 Å². The van der Waals surface area contributed by atoms with Gasteiger partial charge < -0.3 is 15.2 Å². The molecule has 1 aromatic rings. The van der Waals surface area contributed by atoms with Crippen LogP contribution in [0.25, 0.3) is 0 Å². The van der Waals surface area contributed by atoms with Crippen LogP contribution in [-0.2, 0) is 9.53 Å². The van der Waals surface area contributed by atoms with Gasteiger partial charge in [0.05, 0.1) is 21.6 Å². The van der Waals surface area contributed by atoms with Crippen molar-refractivity contribution in [1.29, 1.82) is 5.53 Å². The third-order valence-corrected chi connectivity index (χ3v) is 2.76. The van der Waals surface area contributed by atoms with Crippen molar-refractivity contribution >= 4 is 29.1 Å². The highest BCUT2D eigenvalue weighted by Gasteiger charge is 2.27. The van der Waals surface area contributed by atoms with Crippen LogP contribution in [0.3, 0.4) is 0 Å². The Kier molecular flexibility index (Phi) is 6.04. The molecule has 0 saturated carbocycles. The molecule has 0 unspecified atom stereocenters. The number of nitrogens with one attached hydrogen (secondary N) is 1. The molecule has 0 spiro atoms. The first-order chi connectivity index (χ1) is 9.10. The molecule has 1 aromatic carbocycles. The zero-order valence-corrected chi connectivity index (χ0v) is 11.0. The molecule has 0 radical (unpaired) electrons. The van der Waals surface area contributed by atoms with Gasteiger partial charge in [-0.3, -0.25) is 5.21 Å². The fraction of sp³-hybridized carbons (Fsp3) is 0.273. The first-order valence-corrected chi connectivity index (χ1v) is 6.66. The predicted molar refractivity (Wildman–Crippen MR) is 70.5 cm³/mol. The summed E-state index contributed by atoms with van der Waals surface area (Å²) in [6.07, 6.45) is 1.88. The topological polar surface area (TPSA) is 111 Å². The molecule has 0 aromatic heterocycles. The van der Waals surface area contributed by atoms with Crippen LogP contribution in [0.15, 0.2) is 24.3 Å². The molecule has 0 saturated heterocycles. The summed E-state index contributed by atoms with van der Waals surface area (Å²) in [4.78, 5) is 14.8. The van der Waals surface area contributed by atoms with Gasteiger partial charge in [0.15, 0.2) is 0 Å². The Morgan fingerprint density at radius 3 is 2.63 bits per heavy atom. The smallest absolute Gasteiger partial charge is 0.455 e. The maximum absolute atomic E-state index is 11.7. The number of thioether (sulfide) groups is 1. The van der Waals surface area contributed by atoms with E-state index in [1.54, 1.807) is 0 Å². The van der Waals surface area contributed by atoms with Gasteiger partial charge >= 0.3 is 11.7 Å². The van der Waals surface area contributed by atoms with Crippen molar-refractivity contribution in [2.75, 3.05) is 23.8 Å². The number of carbonyl (C=O) groups is 1. The molecule has 0 bridgehead atoms. The number of esters is 1. The molecular formula is C11H13N3O4S. The maximum Gasteiger partial charge on any atom is 0.455 e. The third-order valence-electron chi connectivity index (χ3n) is 2.19. The summed E-state index contributed by atoms with van der Waals surface area (Å²) in [5.74, 6) is -0.0363. The zero-order valence-electron chi connectivity index (χ0n) is 10.2. The van der Waals surface area contributed by atoms with Crippen LogP contribution in [0.4, 0.5) is 5.69 Å². The average molecular weight is 283 g/mol. The Labute approximate surface area is 113 Å². The molecular weight excluding hydrogens is 270 g/mol. The molecule has 0 aliphatic heterocycles. The minimum absolute atomic E-state index is 0.0174. The van der Waals surface area contributed by atoms with Crippen molar-refractivity contribution in [3.63, 3.8) is 0 Å². The zero-order chi connectivity index (χ0) is 14.3. The van der Waals surface area contributed by atoms with Gasteiger partial charge in [-0.25, -0.2) is 4.79 Å². The summed E-state index contributed by atoms with van der Waals surface area (Å²) in [6, 6.07) is 5.42. The molecule has 1 rings (SSSR count). The molecule has 7 nitrogen and oxygen atoms in total. The molecule has 8 heteroatoms. The lowest BCUT2D eigenvalue weighted by atomic mass is 10.1. The van der Waals surface area contributed by atoms with Crippen LogP contribution in [0, 0.1) is 10.7 Å². The minimum Gasteiger partial charge on any atom is -0.733 e. The number of ether oxygens (including phenoxy) is 1. The Balaban J connectivity index is 2.80. The van der Waals surface area contributed by atoms with Crippen molar-refractivity contribution in [1.82, 2.24) is 0 Å². The Morgan fingerprint density at radius 2 is 2.16 bits per heavy atom. The Bertz CT molecular complexity index is 483. The van der Waals surface area contributed by atoms with E-state index in [4.69, 9.17) is 15.5 Å². The second-order valence-corrected chi connectivity index (χ2v) is 4.39. The first kappa shape index (κ1) is 15.2. The summed E-state index contributed by atoms with van der Waals surface area (Å²) < 4.78 is 4.94. The van der Waals surface area contributed by atoms with Gasteiger partial charge in [-0.2, -0.15) is 11.8 Å². The van der Waals surface area contributed by atoms with Gasteiger partial charge in [0.25, 0.3) is 0 Å². The van der Waals surface area contributed by atoms with E-state index in [1.165, 1.54) is 36.0 Å². The normalized spacial score (nSPS) is 9.63. The second-order valence-electron chi connectivity index (χ2n) is 3.41. The number of hydrogen-bond acceptors (Lipinski definition) is 7. The quantitative estimate of drug-likeness (QED) is 0.203. The van der Waals surface area contributed by atoms with Crippen molar-refractivity contribution < 1.29 is 19.5 Å². The summed E-state index contributed by atoms with van der Waals surface area (Å²) in [7, 11) is 0. The largest absolute Gasteiger partial charge is 0.733 e. The number of hydrogen-bond donors (Lipinski definition) is 2. The summed E-state index contributed by atoms with van der Waals surface area (Å²) >= 11 is 1.53. The van der Waals surface area contributed by atoms with E-state index >= 15 is 0 Å². The van der Waals surface area contributed by atoms with E-state index in [0.29, 0.717) is 11.3 Å². The van der Waals surface area contributed by atoms with E-state index in [9.17, 15) is 10.0 Å². The molecule has 102 valence electrons. The van der Waals surface area contributed by atoms with Gasteiger partial charge in [0.1, 0.15) is 6.61 Å². The Morgan fingerprint density at radius 1 is 1.53 bits per heavy atom. The van der Waals surface area contributed by atoms with E-state index in [1.807, 2.05) is 6.26 Å². The predicted octanol–water partition coefficient (Wildman–Crippen LogP) is 1.31. The summed E-state index contributed by atoms with van der Waals surface area (Å²) in [5.41, 5.74) is 7.22. The van der Waals surface area contributed by atoms with E-state index in [2.05, 4.69) is 4.79 Å². The molecule has 19 heavy (non-hydrogen) atoms. The number of rotatable bonds is 6. The molecule has 0 aliphatic carbocycles. The van der Waals surface area contributed by atoms with Gasteiger partial charge in [-0.15, -0.1) is 0 Å². The van der Waals surface area contributed by atoms with Gasteiger partial charge in [-0.05, 0) is 30.5 Å². The SMILES string of the molecule is CSCCOC(=O)C(=[N+]=N)c1ccc(N([O-])O)cc1. The second kappa shape index (κ2) is 7.55. The van der Waals surface area contributed by atoms with Gasteiger partial charge in [0, 0.05) is 5.75 Å². The highest BCUT2D eigenvalue weighted by molar-refractivity contribution is 7.98. The molecule has 0 amide bonds. The lowest BCUT2D eigenvalue weighted by Crippen LogP contribution is -2.21. The number of anilines is 1. The maximum atomic E-state index is 11.7. The van der Waals surface area contributed by atoms with Crippen molar-refractivity contribution in [3.8, 4) is 0 Å². The van der Waals surface area contributed by atoms with Crippen molar-refractivity contribution in [2.45, 2.75) is 0 Å². The lowest BCUT2D eigenvalue weighted by Gasteiger charge is -2.21. The standard InChI is InChI=1S/C11H13N3O4S/c1-19-7-6-18-11(15)10(13-12)8-2-4-9(5-3-8)14(16)17/h2-5H,6-7H2,1H3,(H2-,12,15,16,17). The number of benzene rings is 1. The highest BCUT2D eigenvalue weighted by atomic mass is 32.2. The minimum atomic E-state index is -0.695. The number of nitrogens with zero attached hydrogens (tertiary/aromatic N) is 2. The van der Waals surface area contributed by atoms with Crippen LogP contribution in [0.5, 0.6) is 0 Å². The fourth-order valence-electron chi connectivity index (χ4n) is 1.26. The van der Waals surface area contributed by atoms with Crippen LogP contribution < -0.4 is 5.23 Å². The van der Waals surface area contributed by atoms with Crippen molar-refractivity contribution in [3.05, 3.63) is 35.0 Å². The fourth-order valence-corrected chi connectivity index (χ4v) is 1.51. The van der Waals surface area contributed by atoms with E-state index in [-0.39, 0.29) is 23.2 Å². The molecule has 0 atom stereocenters. The molecule has 0 fully saturated rings. The van der Waals surface area contributed by atoms with E-state index in [0.717, 1.165) is 0 Å². The number of carbonyl (C=O) groups excluding carboxylic acids is 1.